The Labute approximate surface area is 152 Å². The molecule has 0 aliphatic heterocycles. The van der Waals surface area contributed by atoms with Gasteiger partial charge in [0.2, 0.25) is 0 Å². The Hall–Kier alpha value is -3.19. The highest BCUT2D eigenvalue weighted by molar-refractivity contribution is 6.30. The van der Waals surface area contributed by atoms with E-state index in [1.807, 2.05) is 12.1 Å². The van der Waals surface area contributed by atoms with E-state index in [1.165, 1.54) is 23.9 Å². The van der Waals surface area contributed by atoms with E-state index in [2.05, 4.69) is 10.1 Å². The minimum absolute atomic E-state index is 0.304. The largest absolute Gasteiger partial charge is 0.480 e. The molecule has 0 aliphatic carbocycles. The van der Waals surface area contributed by atoms with Gasteiger partial charge in [-0.25, -0.2) is 14.3 Å². The Morgan fingerprint density at radius 1 is 1.19 bits per heavy atom. The first-order valence-corrected chi connectivity index (χ1v) is 8.21. The third-order valence-corrected chi connectivity index (χ3v) is 4.60. The molecule has 1 atom stereocenters. The molecule has 0 radical (unpaired) electrons. The molecule has 26 heavy (non-hydrogen) atoms. The third kappa shape index (κ3) is 2.44. The molecule has 8 heteroatoms. The first-order chi connectivity index (χ1) is 12.5. The summed E-state index contributed by atoms with van der Waals surface area (Å²) in [5.41, 5.74) is 2.46. The van der Waals surface area contributed by atoms with E-state index < -0.39 is 17.6 Å². The first kappa shape index (κ1) is 16.3. The van der Waals surface area contributed by atoms with Gasteiger partial charge >= 0.3 is 5.97 Å². The van der Waals surface area contributed by atoms with Crippen LogP contribution in [0, 0.1) is 0 Å². The Morgan fingerprint density at radius 3 is 2.62 bits per heavy atom. The SMILES string of the molecule is C[C@H](C(=O)O)n1ccc2c(cnc3c(-c4ccc(Cl)cc4)cnn32)c1=O. The monoisotopic (exact) mass is 368 g/mol. The normalized spacial score (nSPS) is 12.5. The number of carboxylic acid groups (broad SMARTS) is 1. The van der Waals surface area contributed by atoms with E-state index in [-0.39, 0.29) is 0 Å². The van der Waals surface area contributed by atoms with Gasteiger partial charge in [-0.05, 0) is 30.7 Å². The lowest BCUT2D eigenvalue weighted by Gasteiger charge is -2.11. The van der Waals surface area contributed by atoms with E-state index >= 15 is 0 Å². The van der Waals surface area contributed by atoms with Crippen LogP contribution in [-0.2, 0) is 4.79 Å². The van der Waals surface area contributed by atoms with E-state index in [1.54, 1.807) is 28.9 Å². The van der Waals surface area contributed by atoms with Crippen LogP contribution in [0.2, 0.25) is 5.02 Å². The molecule has 0 saturated heterocycles. The van der Waals surface area contributed by atoms with Gasteiger partial charge in [0.25, 0.3) is 5.56 Å². The maximum absolute atomic E-state index is 12.6. The topological polar surface area (TPSA) is 89.5 Å². The van der Waals surface area contributed by atoms with Crippen molar-refractivity contribution >= 4 is 34.1 Å². The van der Waals surface area contributed by atoms with Gasteiger partial charge in [0, 0.05) is 23.0 Å². The number of aromatic nitrogens is 4. The highest BCUT2D eigenvalue weighted by Gasteiger charge is 2.18. The number of carboxylic acids is 1. The van der Waals surface area contributed by atoms with E-state index in [4.69, 9.17) is 16.7 Å². The number of aliphatic carboxylic acids is 1. The smallest absolute Gasteiger partial charge is 0.326 e. The quantitative estimate of drug-likeness (QED) is 0.600. The fraction of sp³-hybridized carbons (Fsp3) is 0.111. The molecular formula is C18H13ClN4O3. The van der Waals surface area contributed by atoms with E-state index in [0.717, 1.165) is 11.1 Å². The zero-order valence-electron chi connectivity index (χ0n) is 13.6. The lowest BCUT2D eigenvalue weighted by atomic mass is 10.1. The van der Waals surface area contributed by atoms with Crippen LogP contribution >= 0.6 is 11.6 Å². The second-order valence-corrected chi connectivity index (χ2v) is 6.34. The standard InChI is InChI=1S/C18H13ClN4O3/c1-10(18(25)26)22-7-6-15-14(17(22)24)8-20-16-13(9-21-23(15)16)11-2-4-12(19)5-3-11/h2-10H,1H3,(H,25,26)/t10-/m1/s1. The van der Waals surface area contributed by atoms with Crippen molar-refractivity contribution in [1.29, 1.82) is 0 Å². The Balaban J connectivity index is 1.94. The second-order valence-electron chi connectivity index (χ2n) is 5.90. The summed E-state index contributed by atoms with van der Waals surface area (Å²) in [6.45, 7) is 1.45. The highest BCUT2D eigenvalue weighted by atomic mass is 35.5. The number of halogens is 1. The summed E-state index contributed by atoms with van der Waals surface area (Å²) in [7, 11) is 0. The van der Waals surface area contributed by atoms with Crippen LogP contribution in [0.4, 0.5) is 0 Å². The zero-order valence-corrected chi connectivity index (χ0v) is 14.4. The molecule has 4 aromatic rings. The van der Waals surface area contributed by atoms with Crippen molar-refractivity contribution in [2.45, 2.75) is 13.0 Å². The Morgan fingerprint density at radius 2 is 1.92 bits per heavy atom. The number of hydrogen-bond acceptors (Lipinski definition) is 4. The van der Waals surface area contributed by atoms with Crippen molar-refractivity contribution in [3.05, 3.63) is 64.3 Å². The molecule has 0 fully saturated rings. The number of pyridine rings is 1. The summed E-state index contributed by atoms with van der Waals surface area (Å²) in [6.07, 6.45) is 4.60. The Kier molecular flexibility index (Phi) is 3.73. The first-order valence-electron chi connectivity index (χ1n) is 7.83. The van der Waals surface area contributed by atoms with Gasteiger partial charge < -0.3 is 9.67 Å². The van der Waals surface area contributed by atoms with Gasteiger partial charge in [-0.2, -0.15) is 5.10 Å². The fourth-order valence-corrected chi connectivity index (χ4v) is 3.01. The summed E-state index contributed by atoms with van der Waals surface area (Å²) in [5, 5.41) is 14.4. The van der Waals surface area contributed by atoms with Crippen LogP contribution in [0.1, 0.15) is 13.0 Å². The van der Waals surface area contributed by atoms with Crippen LogP contribution in [0.3, 0.4) is 0 Å². The molecule has 0 saturated carbocycles. The van der Waals surface area contributed by atoms with Gasteiger partial charge in [-0.3, -0.25) is 4.79 Å². The van der Waals surface area contributed by atoms with E-state index in [0.29, 0.717) is 21.6 Å². The second kappa shape index (κ2) is 5.96. The van der Waals surface area contributed by atoms with Crippen molar-refractivity contribution in [1.82, 2.24) is 19.2 Å². The molecular weight excluding hydrogens is 356 g/mol. The number of nitrogens with zero attached hydrogens (tertiary/aromatic N) is 4. The Bertz CT molecular complexity index is 1210. The van der Waals surface area contributed by atoms with Crippen molar-refractivity contribution < 1.29 is 9.90 Å². The number of benzene rings is 1. The van der Waals surface area contributed by atoms with Crippen LogP contribution in [0.25, 0.3) is 27.7 Å². The van der Waals surface area contributed by atoms with Crippen molar-refractivity contribution in [2.75, 3.05) is 0 Å². The number of rotatable bonds is 3. The van der Waals surface area contributed by atoms with Gasteiger partial charge in [-0.1, -0.05) is 23.7 Å². The van der Waals surface area contributed by atoms with Crippen molar-refractivity contribution in [3.8, 4) is 11.1 Å². The summed E-state index contributed by atoms with van der Waals surface area (Å²) < 4.78 is 2.75. The molecule has 0 bridgehead atoms. The number of hydrogen-bond donors (Lipinski definition) is 1. The van der Waals surface area contributed by atoms with Gasteiger partial charge in [-0.15, -0.1) is 0 Å². The summed E-state index contributed by atoms with van der Waals surface area (Å²) in [6, 6.07) is 8.02. The van der Waals surface area contributed by atoms with Gasteiger partial charge in [0.1, 0.15) is 6.04 Å². The molecule has 0 unspecified atom stereocenters. The zero-order chi connectivity index (χ0) is 18.4. The molecule has 7 nitrogen and oxygen atoms in total. The predicted molar refractivity (Wildman–Crippen MR) is 97.5 cm³/mol. The van der Waals surface area contributed by atoms with Gasteiger partial charge in [0.15, 0.2) is 5.65 Å². The van der Waals surface area contributed by atoms with Gasteiger partial charge in [0.05, 0.1) is 17.1 Å². The van der Waals surface area contributed by atoms with Crippen LogP contribution in [-0.4, -0.2) is 30.2 Å². The lowest BCUT2D eigenvalue weighted by molar-refractivity contribution is -0.140. The number of carbonyl (C=O) groups is 1. The highest BCUT2D eigenvalue weighted by Crippen LogP contribution is 2.26. The maximum Gasteiger partial charge on any atom is 0.326 e. The van der Waals surface area contributed by atoms with Crippen molar-refractivity contribution in [3.63, 3.8) is 0 Å². The minimum Gasteiger partial charge on any atom is -0.480 e. The minimum atomic E-state index is -1.08. The molecule has 3 heterocycles. The average molecular weight is 369 g/mol. The molecule has 0 spiro atoms. The average Bonchev–Trinajstić information content (AvgIpc) is 3.06. The molecule has 0 aliphatic rings. The molecule has 130 valence electrons. The summed E-state index contributed by atoms with van der Waals surface area (Å²) in [5.74, 6) is -1.08. The molecule has 0 amide bonds. The molecule has 1 aromatic carbocycles. The molecule has 1 N–H and O–H groups in total. The van der Waals surface area contributed by atoms with Crippen LogP contribution < -0.4 is 5.56 Å². The lowest BCUT2D eigenvalue weighted by Crippen LogP contribution is -2.27. The third-order valence-electron chi connectivity index (χ3n) is 4.35. The number of fused-ring (bicyclic) bond motifs is 3. The maximum atomic E-state index is 12.6. The fourth-order valence-electron chi connectivity index (χ4n) is 2.89. The van der Waals surface area contributed by atoms with Crippen molar-refractivity contribution in [2.24, 2.45) is 0 Å². The molecule has 4 rings (SSSR count). The summed E-state index contributed by atoms with van der Waals surface area (Å²) >= 11 is 5.93. The predicted octanol–water partition coefficient (Wildman–Crippen LogP) is 3.01. The summed E-state index contributed by atoms with van der Waals surface area (Å²) in [4.78, 5) is 28.2. The van der Waals surface area contributed by atoms with Crippen LogP contribution in [0.15, 0.2) is 53.7 Å². The van der Waals surface area contributed by atoms with E-state index in [9.17, 15) is 9.59 Å². The van der Waals surface area contributed by atoms with Crippen LogP contribution in [0.5, 0.6) is 0 Å². The molecule has 3 aromatic heterocycles.